The van der Waals surface area contributed by atoms with Crippen LogP contribution in [-0.4, -0.2) is 38.2 Å². The van der Waals surface area contributed by atoms with Crippen molar-refractivity contribution < 1.29 is 4.79 Å². The average molecular weight is 401 g/mol. The summed E-state index contributed by atoms with van der Waals surface area (Å²) in [4.78, 5) is 31.5. The fraction of sp³-hybridized carbons (Fsp3) is 0.368. The molecule has 1 aliphatic heterocycles. The molecule has 28 heavy (non-hydrogen) atoms. The van der Waals surface area contributed by atoms with Gasteiger partial charge in [0.2, 0.25) is 5.91 Å². The Morgan fingerprint density at radius 3 is 3.00 bits per heavy atom. The van der Waals surface area contributed by atoms with Gasteiger partial charge in [0.15, 0.2) is 0 Å². The smallest absolute Gasteiger partial charge is 0.352 e. The minimum absolute atomic E-state index is 0.204. The molecule has 3 aromatic rings. The molecular weight excluding hydrogens is 380 g/mol. The van der Waals surface area contributed by atoms with Gasteiger partial charge in [-0.1, -0.05) is 24.6 Å². The van der Waals surface area contributed by atoms with E-state index in [1.54, 1.807) is 30.5 Å². The van der Waals surface area contributed by atoms with Crippen molar-refractivity contribution in [3.63, 3.8) is 0 Å². The van der Waals surface area contributed by atoms with Crippen LogP contribution in [0.15, 0.2) is 41.3 Å². The fourth-order valence-corrected chi connectivity index (χ4v) is 3.67. The molecule has 1 fully saturated rings. The van der Waals surface area contributed by atoms with Gasteiger partial charge in [-0.3, -0.25) is 4.79 Å². The molecule has 1 atom stereocenters. The van der Waals surface area contributed by atoms with Crippen molar-refractivity contribution in [1.82, 2.24) is 19.2 Å². The molecule has 2 aromatic heterocycles. The highest BCUT2D eigenvalue weighted by Crippen LogP contribution is 2.21. The predicted octanol–water partition coefficient (Wildman–Crippen LogP) is 2.42. The van der Waals surface area contributed by atoms with Crippen molar-refractivity contribution in [3.8, 4) is 0 Å². The third kappa shape index (κ3) is 3.87. The molecule has 0 saturated carbocycles. The summed E-state index contributed by atoms with van der Waals surface area (Å²) in [6.07, 6.45) is 4.01. The predicted molar refractivity (Wildman–Crippen MR) is 108 cm³/mol. The number of fused-ring (bicyclic) bond motifs is 1. The van der Waals surface area contributed by atoms with Gasteiger partial charge in [-0.05, 0) is 43.0 Å². The summed E-state index contributed by atoms with van der Waals surface area (Å²) < 4.78 is 2.47. The molecule has 9 heteroatoms. The van der Waals surface area contributed by atoms with E-state index >= 15 is 0 Å². The van der Waals surface area contributed by atoms with E-state index in [1.807, 2.05) is 6.07 Å². The summed E-state index contributed by atoms with van der Waals surface area (Å²) in [5.41, 5.74) is 0.163. The first-order valence-electron chi connectivity index (χ1n) is 9.26. The van der Waals surface area contributed by atoms with Crippen LogP contribution in [0.25, 0.3) is 5.78 Å². The van der Waals surface area contributed by atoms with Gasteiger partial charge in [0.1, 0.15) is 12.4 Å². The number of aromatic nitrogens is 4. The number of carbonyl (C=O) groups is 1. The molecule has 3 heterocycles. The van der Waals surface area contributed by atoms with Crippen LogP contribution in [0.5, 0.6) is 0 Å². The molecular formula is C19H21ClN6O2. The standard InChI is InChI=1S/C19H21ClN6O2/c1-13-4-3-8-24(11-13)16-7-9-25-18(22-16)23-26(19(25)28)12-17(27)21-15-6-2-5-14(20)10-15/h2,5-7,9-10,13H,3-4,8,11-12H2,1H3,(H,21,27)/t13-/m0/s1. The van der Waals surface area contributed by atoms with Gasteiger partial charge in [-0.25, -0.2) is 13.9 Å². The van der Waals surface area contributed by atoms with Gasteiger partial charge < -0.3 is 10.2 Å². The van der Waals surface area contributed by atoms with Crippen LogP contribution < -0.4 is 15.9 Å². The highest BCUT2D eigenvalue weighted by Gasteiger charge is 2.19. The number of rotatable bonds is 4. The van der Waals surface area contributed by atoms with Crippen molar-refractivity contribution in [3.05, 3.63) is 52.0 Å². The van der Waals surface area contributed by atoms with E-state index in [4.69, 9.17) is 11.6 Å². The Morgan fingerprint density at radius 1 is 1.36 bits per heavy atom. The van der Waals surface area contributed by atoms with Gasteiger partial charge in [0.05, 0.1) is 0 Å². The maximum absolute atomic E-state index is 12.5. The average Bonchev–Trinajstić information content (AvgIpc) is 2.96. The molecule has 4 rings (SSSR count). The van der Waals surface area contributed by atoms with Crippen molar-refractivity contribution in [2.24, 2.45) is 5.92 Å². The number of nitrogens with one attached hydrogen (secondary N) is 1. The minimum Gasteiger partial charge on any atom is -0.356 e. The zero-order chi connectivity index (χ0) is 19.7. The van der Waals surface area contributed by atoms with Crippen molar-refractivity contribution >= 4 is 34.8 Å². The van der Waals surface area contributed by atoms with Gasteiger partial charge in [-0.2, -0.15) is 4.98 Å². The van der Waals surface area contributed by atoms with E-state index < -0.39 is 5.69 Å². The topological polar surface area (TPSA) is 84.5 Å². The second-order valence-corrected chi connectivity index (χ2v) is 7.58. The zero-order valence-corrected chi connectivity index (χ0v) is 16.3. The van der Waals surface area contributed by atoms with E-state index in [0.717, 1.165) is 30.0 Å². The van der Waals surface area contributed by atoms with Crippen molar-refractivity contribution in [2.45, 2.75) is 26.3 Å². The lowest BCUT2D eigenvalue weighted by Crippen LogP contribution is -2.34. The summed E-state index contributed by atoms with van der Waals surface area (Å²) in [5.74, 6) is 1.34. The Balaban J connectivity index is 1.53. The zero-order valence-electron chi connectivity index (χ0n) is 15.5. The first-order chi connectivity index (χ1) is 13.5. The van der Waals surface area contributed by atoms with Crippen LogP contribution in [0.4, 0.5) is 11.5 Å². The van der Waals surface area contributed by atoms with E-state index in [9.17, 15) is 9.59 Å². The molecule has 146 valence electrons. The lowest BCUT2D eigenvalue weighted by Gasteiger charge is -2.31. The SMILES string of the molecule is C[C@H]1CCCN(c2ccn3c(=O)n(CC(=O)Nc4cccc(Cl)c4)nc3n2)C1. The van der Waals surface area contributed by atoms with Gasteiger partial charge in [-0.15, -0.1) is 5.10 Å². The molecule has 0 unspecified atom stereocenters. The number of nitrogens with zero attached hydrogens (tertiary/aromatic N) is 5. The quantitative estimate of drug-likeness (QED) is 0.727. The summed E-state index contributed by atoms with van der Waals surface area (Å²) >= 11 is 5.92. The van der Waals surface area contributed by atoms with Crippen LogP contribution >= 0.6 is 11.6 Å². The summed E-state index contributed by atoms with van der Waals surface area (Å²) in [6.45, 7) is 3.91. The normalized spacial score (nSPS) is 17.1. The molecule has 8 nitrogen and oxygen atoms in total. The lowest BCUT2D eigenvalue weighted by atomic mass is 10.0. The van der Waals surface area contributed by atoms with Crippen molar-refractivity contribution in [2.75, 3.05) is 23.3 Å². The van der Waals surface area contributed by atoms with Gasteiger partial charge >= 0.3 is 5.69 Å². The largest absolute Gasteiger partial charge is 0.356 e. The van der Waals surface area contributed by atoms with Gasteiger partial charge in [0.25, 0.3) is 5.78 Å². The maximum Gasteiger partial charge on any atom is 0.352 e. The monoisotopic (exact) mass is 400 g/mol. The van der Waals surface area contributed by atoms with Crippen LogP contribution in [-0.2, 0) is 11.3 Å². The number of hydrogen-bond donors (Lipinski definition) is 1. The van der Waals surface area contributed by atoms with E-state index in [0.29, 0.717) is 16.6 Å². The Labute approximate surface area is 166 Å². The van der Waals surface area contributed by atoms with Crippen LogP contribution in [0, 0.1) is 5.92 Å². The summed E-state index contributed by atoms with van der Waals surface area (Å²) in [6, 6.07) is 8.64. The number of anilines is 2. The van der Waals surface area contributed by atoms with E-state index in [2.05, 4.69) is 27.2 Å². The highest BCUT2D eigenvalue weighted by molar-refractivity contribution is 6.30. The molecule has 1 N–H and O–H groups in total. The highest BCUT2D eigenvalue weighted by atomic mass is 35.5. The molecule has 0 spiro atoms. The summed E-state index contributed by atoms with van der Waals surface area (Å²) in [5, 5.41) is 7.46. The molecule has 1 saturated heterocycles. The lowest BCUT2D eigenvalue weighted by molar-refractivity contribution is -0.117. The minimum atomic E-state index is -0.401. The Morgan fingerprint density at radius 2 is 2.21 bits per heavy atom. The third-order valence-electron chi connectivity index (χ3n) is 4.82. The fourth-order valence-electron chi connectivity index (χ4n) is 3.48. The molecule has 1 aliphatic rings. The van der Waals surface area contributed by atoms with E-state index in [1.165, 1.54) is 10.8 Å². The second-order valence-electron chi connectivity index (χ2n) is 7.15. The summed E-state index contributed by atoms with van der Waals surface area (Å²) in [7, 11) is 0. The Hall–Kier alpha value is -2.87. The molecule has 0 aliphatic carbocycles. The van der Waals surface area contributed by atoms with Crippen LogP contribution in [0.1, 0.15) is 19.8 Å². The number of amides is 1. The maximum atomic E-state index is 12.5. The number of carbonyl (C=O) groups excluding carboxylic acids is 1. The molecule has 0 bridgehead atoms. The third-order valence-corrected chi connectivity index (χ3v) is 5.06. The van der Waals surface area contributed by atoms with E-state index in [-0.39, 0.29) is 18.2 Å². The molecule has 1 aromatic carbocycles. The molecule has 0 radical (unpaired) electrons. The Bertz CT molecular complexity index is 1080. The number of benzene rings is 1. The number of piperidine rings is 1. The first kappa shape index (κ1) is 18.5. The number of hydrogen-bond acceptors (Lipinski definition) is 5. The van der Waals surface area contributed by atoms with Crippen LogP contribution in [0.3, 0.4) is 0 Å². The second kappa shape index (κ2) is 7.63. The number of halogens is 1. The van der Waals surface area contributed by atoms with Gasteiger partial charge in [0, 0.05) is 30.0 Å². The van der Waals surface area contributed by atoms with Crippen molar-refractivity contribution in [1.29, 1.82) is 0 Å². The Kier molecular flexibility index (Phi) is 5.04. The first-order valence-corrected chi connectivity index (χ1v) is 9.64. The molecule has 1 amide bonds. The van der Waals surface area contributed by atoms with Crippen LogP contribution in [0.2, 0.25) is 5.02 Å².